The number of methoxy groups -OCH3 is 2. The fourth-order valence-electron chi connectivity index (χ4n) is 8.69. The standard InChI is InChI=1S/C38H69NO14/c1-15-26-38(10,45)31(42)21(4)28(40)19(2)17-37(9,48-14)33(53-35-29(41)25(39(11,12)46)16-20(3)49-35)22(5)30(23(6)34(44)51-26)52-27-18-36(8,47-13)32(43)24(7)50-27/h19-27,29-33,35,41-43,45H,15-18H2,1-14H3/t19-,20-,21+,22+,23-,24+,25+,26-,27+,29-,30+,31-,32+,33-,35+,36-,37-,38-/m1/s1. The highest BCUT2D eigenvalue weighted by atomic mass is 16.7. The van der Waals surface area contributed by atoms with Crippen molar-refractivity contribution in [2.45, 2.75) is 179 Å². The summed E-state index contributed by atoms with van der Waals surface area (Å²) in [6.45, 7) is 16.6. The first-order chi connectivity index (χ1) is 24.3. The third-order valence-electron chi connectivity index (χ3n) is 12.4. The second-order valence-electron chi connectivity index (χ2n) is 17.1. The molecule has 15 nitrogen and oxygen atoms in total. The van der Waals surface area contributed by atoms with E-state index < -0.39 is 119 Å². The van der Waals surface area contributed by atoms with E-state index in [0.29, 0.717) is 0 Å². The summed E-state index contributed by atoms with van der Waals surface area (Å²) in [6.07, 6.45) is -10.1. The Balaban J connectivity index is 2.23. The largest absolute Gasteiger partial charge is 0.633 e. The molecule has 0 radical (unpaired) electrons. The molecule has 0 saturated carbocycles. The SMILES string of the molecule is CC[C@H]1OC(=O)[C@H](C)[C@@H](O[C@H]2C[C@@](C)(OC)[C@@H](O)[C@H](C)O2)[C@H](C)[C@@H](O[C@@H]2O[C@H](C)C[C@H]([N+](C)(C)[O-])[C@H]2O)[C@](C)(OC)C[C@@H](C)C(=O)[C@H](C)[C@@H](O)[C@]1(C)O. The lowest BCUT2D eigenvalue weighted by Gasteiger charge is -2.51. The van der Waals surface area contributed by atoms with Gasteiger partial charge in [0.15, 0.2) is 18.7 Å². The molecule has 4 N–H and O–H groups in total. The number of hydrogen-bond acceptors (Lipinski definition) is 14. The van der Waals surface area contributed by atoms with Crippen molar-refractivity contribution in [3.05, 3.63) is 5.21 Å². The first-order valence-electron chi connectivity index (χ1n) is 19.1. The maximum atomic E-state index is 14.2. The van der Waals surface area contributed by atoms with Crippen LogP contribution < -0.4 is 0 Å². The number of Topliss-reactive ketones (excluding diaryl/α,β-unsaturated/α-hetero) is 1. The Labute approximate surface area is 315 Å². The molecule has 3 aliphatic rings. The molecular weight excluding hydrogens is 694 g/mol. The fourth-order valence-corrected chi connectivity index (χ4v) is 8.69. The number of aliphatic hydroxyl groups is 4. The molecule has 0 aliphatic carbocycles. The number of hydrogen-bond donors (Lipinski definition) is 4. The average Bonchev–Trinajstić information content (AvgIpc) is 3.08. The van der Waals surface area contributed by atoms with Gasteiger partial charge in [0.1, 0.15) is 29.6 Å². The molecule has 310 valence electrons. The molecule has 0 unspecified atom stereocenters. The number of quaternary nitrogens is 1. The zero-order valence-corrected chi connectivity index (χ0v) is 34.3. The summed E-state index contributed by atoms with van der Waals surface area (Å²) in [5, 5.41) is 58.7. The molecular formula is C38H69NO14. The number of cyclic esters (lactones) is 1. The minimum atomic E-state index is -1.99. The van der Waals surface area contributed by atoms with Crippen LogP contribution in [-0.2, 0) is 42.7 Å². The van der Waals surface area contributed by atoms with Crippen molar-refractivity contribution in [2.24, 2.45) is 23.7 Å². The lowest BCUT2D eigenvalue weighted by atomic mass is 9.74. The molecule has 0 bridgehead atoms. The van der Waals surface area contributed by atoms with Crippen LogP contribution in [0.15, 0.2) is 0 Å². The van der Waals surface area contributed by atoms with E-state index in [-0.39, 0.29) is 31.5 Å². The van der Waals surface area contributed by atoms with E-state index >= 15 is 0 Å². The Hall–Kier alpha value is -1.34. The maximum absolute atomic E-state index is 14.2. The summed E-state index contributed by atoms with van der Waals surface area (Å²) in [5.41, 5.74) is -4.38. The smallest absolute Gasteiger partial charge is 0.311 e. The monoisotopic (exact) mass is 763 g/mol. The Morgan fingerprint density at radius 2 is 1.45 bits per heavy atom. The van der Waals surface area contributed by atoms with Crippen LogP contribution in [0.4, 0.5) is 0 Å². The quantitative estimate of drug-likeness (QED) is 0.160. The first kappa shape index (κ1) is 46.0. The van der Waals surface area contributed by atoms with Crippen molar-refractivity contribution < 1.29 is 67.8 Å². The van der Waals surface area contributed by atoms with E-state index in [9.17, 15) is 35.2 Å². The van der Waals surface area contributed by atoms with Gasteiger partial charge in [0.25, 0.3) is 0 Å². The van der Waals surface area contributed by atoms with E-state index in [1.807, 2.05) is 0 Å². The summed E-state index contributed by atoms with van der Waals surface area (Å²) in [4.78, 5) is 28.2. The van der Waals surface area contributed by atoms with Crippen LogP contribution in [0.2, 0.25) is 0 Å². The maximum Gasteiger partial charge on any atom is 0.311 e. The van der Waals surface area contributed by atoms with Crippen molar-refractivity contribution in [1.82, 2.24) is 0 Å². The van der Waals surface area contributed by atoms with Crippen LogP contribution in [0.3, 0.4) is 0 Å². The van der Waals surface area contributed by atoms with Crippen molar-refractivity contribution >= 4 is 11.8 Å². The predicted molar refractivity (Wildman–Crippen MR) is 193 cm³/mol. The summed E-state index contributed by atoms with van der Waals surface area (Å²) in [6, 6.07) is -0.788. The highest BCUT2D eigenvalue weighted by Gasteiger charge is 2.54. The number of aliphatic hydroxyl groups excluding tert-OH is 3. The number of hydroxylamine groups is 3. The Bertz CT molecular complexity index is 1230. The van der Waals surface area contributed by atoms with Crippen LogP contribution in [0.25, 0.3) is 0 Å². The molecule has 0 aromatic heterocycles. The second kappa shape index (κ2) is 17.4. The normalized spacial score (nSPS) is 48.5. The number of rotatable bonds is 8. The molecule has 3 saturated heterocycles. The second-order valence-corrected chi connectivity index (χ2v) is 17.1. The van der Waals surface area contributed by atoms with Gasteiger partial charge in [-0.2, -0.15) is 0 Å². The average molecular weight is 764 g/mol. The number of likely N-dealkylation sites (N-methyl/N-ethyl adjacent to an activating group) is 1. The van der Waals surface area contributed by atoms with Crippen molar-refractivity contribution in [1.29, 1.82) is 0 Å². The molecule has 3 heterocycles. The molecule has 0 aromatic rings. The van der Waals surface area contributed by atoms with Crippen LogP contribution in [0.5, 0.6) is 0 Å². The lowest BCUT2D eigenvalue weighted by Crippen LogP contribution is -2.63. The predicted octanol–water partition coefficient (Wildman–Crippen LogP) is 2.45. The van der Waals surface area contributed by atoms with Gasteiger partial charge in [0.2, 0.25) is 0 Å². The third-order valence-corrected chi connectivity index (χ3v) is 12.4. The number of esters is 1. The van der Waals surface area contributed by atoms with Crippen LogP contribution in [-0.4, -0.2) is 149 Å². The van der Waals surface area contributed by atoms with E-state index in [2.05, 4.69) is 0 Å². The van der Waals surface area contributed by atoms with Crippen molar-refractivity contribution in [3.8, 4) is 0 Å². The van der Waals surface area contributed by atoms with Crippen LogP contribution >= 0.6 is 0 Å². The van der Waals surface area contributed by atoms with Gasteiger partial charge in [0.05, 0.1) is 61.7 Å². The van der Waals surface area contributed by atoms with Gasteiger partial charge >= 0.3 is 5.97 Å². The fraction of sp³-hybridized carbons (Fsp3) is 0.947. The highest BCUT2D eigenvalue weighted by Crippen LogP contribution is 2.42. The molecule has 3 fully saturated rings. The molecule has 3 aliphatic heterocycles. The van der Waals surface area contributed by atoms with Gasteiger partial charge in [-0.25, -0.2) is 0 Å². The van der Waals surface area contributed by atoms with Gasteiger partial charge in [-0.3, -0.25) is 9.59 Å². The van der Waals surface area contributed by atoms with Gasteiger partial charge in [-0.15, -0.1) is 0 Å². The zero-order chi connectivity index (χ0) is 40.6. The zero-order valence-electron chi connectivity index (χ0n) is 34.3. The molecule has 0 amide bonds. The summed E-state index contributed by atoms with van der Waals surface area (Å²) in [7, 11) is 5.84. The van der Waals surface area contributed by atoms with Gasteiger partial charge in [0, 0.05) is 44.8 Å². The molecule has 0 spiro atoms. The first-order valence-corrected chi connectivity index (χ1v) is 19.1. The van der Waals surface area contributed by atoms with E-state index in [1.165, 1.54) is 42.2 Å². The number of nitrogens with zero attached hydrogens (tertiary/aromatic N) is 1. The summed E-state index contributed by atoms with van der Waals surface area (Å²) >= 11 is 0. The Kier molecular flexibility index (Phi) is 15.1. The van der Waals surface area contributed by atoms with Gasteiger partial charge in [-0.1, -0.05) is 27.7 Å². The van der Waals surface area contributed by atoms with Crippen LogP contribution in [0, 0.1) is 28.9 Å². The Morgan fingerprint density at radius 1 is 0.868 bits per heavy atom. The minimum absolute atomic E-state index is 0.0507. The van der Waals surface area contributed by atoms with E-state index in [0.717, 1.165) is 0 Å². The topological polar surface area (TPSA) is 203 Å². The van der Waals surface area contributed by atoms with Crippen LogP contribution in [0.1, 0.15) is 94.9 Å². The molecule has 15 heteroatoms. The lowest BCUT2D eigenvalue weighted by molar-refractivity contribution is -0.874. The van der Waals surface area contributed by atoms with Crippen molar-refractivity contribution in [3.63, 3.8) is 0 Å². The number of ether oxygens (including phenoxy) is 7. The van der Waals surface area contributed by atoms with Gasteiger partial charge in [-0.05, 0) is 54.4 Å². The van der Waals surface area contributed by atoms with E-state index in [4.69, 9.17) is 33.2 Å². The number of carbonyl (C=O) groups is 2. The highest BCUT2D eigenvalue weighted by molar-refractivity contribution is 5.83. The Morgan fingerprint density at radius 3 is 1.98 bits per heavy atom. The van der Waals surface area contributed by atoms with Gasteiger partial charge < -0.3 is 63.4 Å². The van der Waals surface area contributed by atoms with E-state index in [1.54, 1.807) is 55.4 Å². The molecule has 3 rings (SSSR count). The van der Waals surface area contributed by atoms with Crippen molar-refractivity contribution in [2.75, 3.05) is 28.3 Å². The molecule has 0 aromatic carbocycles. The number of ketones is 1. The summed E-state index contributed by atoms with van der Waals surface area (Å²) in [5.74, 6) is -4.76. The third kappa shape index (κ3) is 9.80. The molecule has 18 atom stereocenters. The minimum Gasteiger partial charge on any atom is -0.633 e. The molecule has 53 heavy (non-hydrogen) atoms. The summed E-state index contributed by atoms with van der Waals surface area (Å²) < 4.78 is 42.8. The number of carbonyl (C=O) groups excluding carboxylic acids is 2.